The summed E-state index contributed by atoms with van der Waals surface area (Å²) in [6, 6.07) is 7.71. The lowest BCUT2D eigenvalue weighted by atomic mass is 10.1. The predicted octanol–water partition coefficient (Wildman–Crippen LogP) is 2.32. The van der Waals surface area contributed by atoms with Crippen molar-refractivity contribution < 1.29 is 9.84 Å². The summed E-state index contributed by atoms with van der Waals surface area (Å²) in [6.45, 7) is 6.71. The molecule has 0 unspecified atom stereocenters. The lowest BCUT2D eigenvalue weighted by molar-refractivity contribution is 0.198. The van der Waals surface area contributed by atoms with Gasteiger partial charge in [-0.2, -0.15) is 0 Å². The van der Waals surface area contributed by atoms with Crippen molar-refractivity contribution >= 4 is 11.3 Å². The van der Waals surface area contributed by atoms with Gasteiger partial charge in [-0.05, 0) is 25.6 Å². The van der Waals surface area contributed by atoms with E-state index in [0.29, 0.717) is 19.7 Å². The summed E-state index contributed by atoms with van der Waals surface area (Å²) in [6.07, 6.45) is 0. The fourth-order valence-corrected chi connectivity index (χ4v) is 3.22. The monoisotopic (exact) mass is 322 g/mol. The SMILES string of the molecule is CCOc1ccccc1-c1[nH]c(=O)sc1CN(CC)CCO. The van der Waals surface area contributed by atoms with Crippen molar-refractivity contribution in [3.8, 4) is 17.0 Å². The molecule has 0 radical (unpaired) electrons. The summed E-state index contributed by atoms with van der Waals surface area (Å²) in [5, 5.41) is 9.12. The maximum absolute atomic E-state index is 11.8. The number of hydrogen-bond donors (Lipinski definition) is 2. The molecule has 120 valence electrons. The lowest BCUT2D eigenvalue weighted by Gasteiger charge is -2.19. The molecular formula is C16H22N2O3S. The molecule has 0 fully saturated rings. The molecule has 0 bridgehead atoms. The highest BCUT2D eigenvalue weighted by atomic mass is 32.1. The molecule has 0 aliphatic rings. The summed E-state index contributed by atoms with van der Waals surface area (Å²) < 4.78 is 5.66. The molecule has 0 atom stereocenters. The van der Waals surface area contributed by atoms with Gasteiger partial charge in [-0.1, -0.05) is 30.4 Å². The van der Waals surface area contributed by atoms with Gasteiger partial charge in [-0.15, -0.1) is 0 Å². The van der Waals surface area contributed by atoms with Gasteiger partial charge in [0, 0.05) is 23.5 Å². The van der Waals surface area contributed by atoms with E-state index in [1.54, 1.807) is 0 Å². The van der Waals surface area contributed by atoms with Gasteiger partial charge < -0.3 is 14.8 Å². The summed E-state index contributed by atoms with van der Waals surface area (Å²) in [4.78, 5) is 17.8. The summed E-state index contributed by atoms with van der Waals surface area (Å²) in [5.41, 5.74) is 1.72. The molecule has 0 amide bonds. The van der Waals surface area contributed by atoms with E-state index in [9.17, 15) is 4.79 Å². The quantitative estimate of drug-likeness (QED) is 0.783. The average molecular weight is 322 g/mol. The Labute approximate surface area is 134 Å². The molecule has 6 heteroatoms. The Morgan fingerprint density at radius 2 is 2.09 bits per heavy atom. The number of thiazole rings is 1. The van der Waals surface area contributed by atoms with Gasteiger partial charge in [0.1, 0.15) is 5.75 Å². The minimum atomic E-state index is -0.0728. The Bertz CT molecular complexity index is 651. The molecule has 1 aromatic carbocycles. The number of aromatic nitrogens is 1. The summed E-state index contributed by atoms with van der Waals surface area (Å²) in [7, 11) is 0. The normalized spacial score (nSPS) is 11.1. The number of aromatic amines is 1. The molecular weight excluding hydrogens is 300 g/mol. The predicted molar refractivity (Wildman–Crippen MR) is 89.6 cm³/mol. The number of para-hydroxylation sites is 1. The zero-order valence-corrected chi connectivity index (χ0v) is 13.8. The minimum Gasteiger partial charge on any atom is -0.493 e. The first-order valence-electron chi connectivity index (χ1n) is 7.47. The van der Waals surface area contributed by atoms with Crippen LogP contribution in [-0.4, -0.2) is 41.3 Å². The van der Waals surface area contributed by atoms with Crippen molar-refractivity contribution in [1.29, 1.82) is 0 Å². The second kappa shape index (κ2) is 8.12. The van der Waals surface area contributed by atoms with E-state index in [0.717, 1.165) is 28.4 Å². The Balaban J connectivity index is 2.38. The van der Waals surface area contributed by atoms with Crippen LogP contribution in [0.25, 0.3) is 11.3 Å². The number of H-pyrrole nitrogens is 1. The molecule has 22 heavy (non-hydrogen) atoms. The van der Waals surface area contributed by atoms with Crippen molar-refractivity contribution in [1.82, 2.24) is 9.88 Å². The number of nitrogens with zero attached hydrogens (tertiary/aromatic N) is 1. The van der Waals surface area contributed by atoms with Crippen LogP contribution in [0.2, 0.25) is 0 Å². The Kier molecular flexibility index (Phi) is 6.18. The number of hydrogen-bond acceptors (Lipinski definition) is 5. The molecule has 2 aromatic rings. The van der Waals surface area contributed by atoms with E-state index >= 15 is 0 Å². The van der Waals surface area contributed by atoms with E-state index in [1.165, 1.54) is 11.3 Å². The number of ether oxygens (including phenoxy) is 1. The van der Waals surface area contributed by atoms with Gasteiger partial charge >= 0.3 is 4.87 Å². The topological polar surface area (TPSA) is 65.6 Å². The number of benzene rings is 1. The molecule has 0 saturated heterocycles. The fourth-order valence-electron chi connectivity index (χ4n) is 2.34. The van der Waals surface area contributed by atoms with Crippen LogP contribution >= 0.6 is 11.3 Å². The van der Waals surface area contributed by atoms with E-state index in [1.807, 2.05) is 38.1 Å². The first-order chi connectivity index (χ1) is 10.7. The molecule has 0 saturated carbocycles. The number of rotatable bonds is 8. The second-order valence-corrected chi connectivity index (χ2v) is 5.90. The molecule has 0 spiro atoms. The van der Waals surface area contributed by atoms with Gasteiger partial charge in [0.05, 0.1) is 18.9 Å². The smallest absolute Gasteiger partial charge is 0.305 e. The fraction of sp³-hybridized carbons (Fsp3) is 0.438. The lowest BCUT2D eigenvalue weighted by Crippen LogP contribution is -2.25. The number of aliphatic hydroxyl groups is 1. The van der Waals surface area contributed by atoms with Crippen LogP contribution in [0.3, 0.4) is 0 Å². The molecule has 2 rings (SSSR count). The maximum Gasteiger partial charge on any atom is 0.305 e. The van der Waals surface area contributed by atoms with Crippen LogP contribution in [0.4, 0.5) is 0 Å². The third-order valence-corrected chi connectivity index (χ3v) is 4.28. The first kappa shape index (κ1) is 16.7. The standard InChI is InChI=1S/C16H22N2O3S/c1-3-18(9-10-19)11-14-15(17-16(20)22-14)12-7-5-6-8-13(12)21-4-2/h5-8,19H,3-4,9-11H2,1-2H3,(H,17,20). The molecule has 0 aliphatic heterocycles. The van der Waals surface area contributed by atoms with E-state index in [4.69, 9.17) is 9.84 Å². The van der Waals surface area contributed by atoms with E-state index in [2.05, 4.69) is 9.88 Å². The zero-order chi connectivity index (χ0) is 15.9. The van der Waals surface area contributed by atoms with Crippen molar-refractivity contribution in [3.05, 3.63) is 38.8 Å². The minimum absolute atomic E-state index is 0.0728. The summed E-state index contributed by atoms with van der Waals surface area (Å²) >= 11 is 1.22. The molecule has 5 nitrogen and oxygen atoms in total. The van der Waals surface area contributed by atoms with Gasteiger partial charge in [0.25, 0.3) is 0 Å². The zero-order valence-electron chi connectivity index (χ0n) is 13.0. The van der Waals surface area contributed by atoms with E-state index < -0.39 is 0 Å². The van der Waals surface area contributed by atoms with Gasteiger partial charge in [0.15, 0.2) is 0 Å². The van der Waals surface area contributed by atoms with Crippen molar-refractivity contribution in [2.75, 3.05) is 26.3 Å². The molecule has 2 N–H and O–H groups in total. The summed E-state index contributed by atoms with van der Waals surface area (Å²) in [5.74, 6) is 0.769. The first-order valence-corrected chi connectivity index (χ1v) is 8.28. The molecule has 1 aromatic heterocycles. The Morgan fingerprint density at radius 1 is 1.32 bits per heavy atom. The van der Waals surface area contributed by atoms with Crippen LogP contribution < -0.4 is 9.61 Å². The highest BCUT2D eigenvalue weighted by Gasteiger charge is 2.16. The van der Waals surface area contributed by atoms with Crippen molar-refractivity contribution in [3.63, 3.8) is 0 Å². The highest BCUT2D eigenvalue weighted by Crippen LogP contribution is 2.32. The van der Waals surface area contributed by atoms with Crippen LogP contribution in [-0.2, 0) is 6.54 Å². The number of nitrogens with one attached hydrogen (secondary N) is 1. The Morgan fingerprint density at radius 3 is 2.77 bits per heavy atom. The van der Waals surface area contributed by atoms with Gasteiger partial charge in [-0.3, -0.25) is 9.69 Å². The molecule has 1 heterocycles. The largest absolute Gasteiger partial charge is 0.493 e. The number of likely N-dealkylation sites (N-methyl/N-ethyl adjacent to an activating group) is 1. The Hall–Kier alpha value is -1.63. The van der Waals surface area contributed by atoms with Gasteiger partial charge in [-0.25, -0.2) is 0 Å². The number of aliphatic hydroxyl groups excluding tert-OH is 1. The van der Waals surface area contributed by atoms with Crippen LogP contribution in [0.1, 0.15) is 18.7 Å². The third-order valence-electron chi connectivity index (χ3n) is 3.41. The van der Waals surface area contributed by atoms with Crippen LogP contribution in [0.15, 0.2) is 29.1 Å². The second-order valence-electron chi connectivity index (χ2n) is 4.83. The third kappa shape index (κ3) is 3.97. The van der Waals surface area contributed by atoms with Crippen LogP contribution in [0.5, 0.6) is 5.75 Å². The van der Waals surface area contributed by atoms with Gasteiger partial charge in [0.2, 0.25) is 0 Å². The maximum atomic E-state index is 11.8. The van der Waals surface area contributed by atoms with E-state index in [-0.39, 0.29) is 11.5 Å². The molecule has 0 aliphatic carbocycles. The van der Waals surface area contributed by atoms with Crippen molar-refractivity contribution in [2.24, 2.45) is 0 Å². The van der Waals surface area contributed by atoms with Crippen LogP contribution in [0, 0.1) is 0 Å². The highest BCUT2D eigenvalue weighted by molar-refractivity contribution is 7.09. The average Bonchev–Trinajstić information content (AvgIpc) is 2.88. The van der Waals surface area contributed by atoms with Crippen molar-refractivity contribution in [2.45, 2.75) is 20.4 Å².